The van der Waals surface area contributed by atoms with Crippen molar-refractivity contribution in [2.75, 3.05) is 19.6 Å². The fraction of sp³-hybridized carbons (Fsp3) is 0.609. The minimum absolute atomic E-state index is 0.0599. The quantitative estimate of drug-likeness (QED) is 0.607. The van der Waals surface area contributed by atoms with Crippen LogP contribution in [0.25, 0.3) is 0 Å². The molecule has 2 amide bonds. The van der Waals surface area contributed by atoms with E-state index in [0.717, 1.165) is 0 Å². The number of rotatable bonds is 5. The summed E-state index contributed by atoms with van der Waals surface area (Å²) in [6.45, 7) is 2.18. The molecule has 2 bridgehead atoms. The van der Waals surface area contributed by atoms with Gasteiger partial charge in [0, 0.05) is 25.7 Å². The number of hydrogen-bond acceptors (Lipinski definition) is 5. The summed E-state index contributed by atoms with van der Waals surface area (Å²) in [5.41, 5.74) is 2.97. The zero-order chi connectivity index (χ0) is 26.6. The number of piperazine rings is 1. The van der Waals surface area contributed by atoms with Crippen LogP contribution in [-0.4, -0.2) is 70.3 Å². The molecule has 36 heavy (non-hydrogen) atoms. The van der Waals surface area contributed by atoms with Gasteiger partial charge in [-0.2, -0.15) is 31.6 Å². The van der Waals surface area contributed by atoms with Crippen LogP contribution >= 0.6 is 0 Å². The Morgan fingerprint density at radius 1 is 1.17 bits per heavy atom. The van der Waals surface area contributed by atoms with Gasteiger partial charge in [-0.05, 0) is 49.9 Å². The molecule has 0 saturated carbocycles. The van der Waals surface area contributed by atoms with Crippen molar-refractivity contribution in [3.8, 4) is 6.07 Å². The van der Waals surface area contributed by atoms with Crippen LogP contribution < -0.4 is 5.73 Å². The van der Waals surface area contributed by atoms with Crippen LogP contribution in [0.3, 0.4) is 0 Å². The summed E-state index contributed by atoms with van der Waals surface area (Å²) in [7, 11) is 0. The van der Waals surface area contributed by atoms with Crippen LogP contribution in [0.2, 0.25) is 0 Å². The minimum Gasteiger partial charge on any atom is -0.330 e. The van der Waals surface area contributed by atoms with Crippen molar-refractivity contribution in [3.63, 3.8) is 0 Å². The summed E-state index contributed by atoms with van der Waals surface area (Å²) < 4.78 is 79.7. The summed E-state index contributed by atoms with van der Waals surface area (Å²) in [5, 5.41) is 9.20. The van der Waals surface area contributed by atoms with E-state index in [0.29, 0.717) is 37.9 Å². The normalized spacial score (nSPS) is 26.4. The average Bonchev–Trinajstić information content (AvgIpc) is 3.51. The molecule has 0 radical (unpaired) electrons. The average molecular weight is 517 g/mol. The molecule has 1 aromatic rings. The highest BCUT2D eigenvalue weighted by molar-refractivity contribution is 5.87. The van der Waals surface area contributed by atoms with Crippen molar-refractivity contribution in [1.29, 1.82) is 5.26 Å². The summed E-state index contributed by atoms with van der Waals surface area (Å²) in [6.07, 6.45) is -8.37. The van der Waals surface area contributed by atoms with Gasteiger partial charge in [0.1, 0.15) is 6.04 Å². The highest BCUT2D eigenvalue weighted by Gasteiger charge is 2.52. The lowest BCUT2D eigenvalue weighted by molar-refractivity contribution is -0.143. The SMILES string of the molecule is C[C@@H](c1cc(C(F)(F)F)cc(C(F)(F)F)c1)N1C(=O)C2CC1CN2CC(N)C(=O)N1CCCC1C#N. The number of carbonyl (C=O) groups is 2. The standard InChI is InChI=1S/C23H25F6N5O2/c1-12(13-5-14(22(24,25)26)7-15(6-13)23(27,28)29)34-17-8-19(21(34)36)32(10-17)11-18(31)20(35)33-4-2-3-16(33)9-30/h5-7,12,16-19H,2-4,8,10-11,31H2,1H3/t12-,16?,17?,18?,19?/m0/s1. The van der Waals surface area contributed by atoms with Crippen molar-refractivity contribution in [2.45, 2.75) is 68.7 Å². The highest BCUT2D eigenvalue weighted by Crippen LogP contribution is 2.42. The monoisotopic (exact) mass is 517 g/mol. The van der Waals surface area contributed by atoms with E-state index < -0.39 is 59.6 Å². The number of likely N-dealkylation sites (tertiary alicyclic amines) is 3. The molecule has 0 aromatic heterocycles. The second kappa shape index (κ2) is 9.23. The van der Waals surface area contributed by atoms with Gasteiger partial charge < -0.3 is 15.5 Å². The number of amides is 2. The number of fused-ring (bicyclic) bond motifs is 2. The zero-order valence-corrected chi connectivity index (χ0v) is 19.3. The van der Waals surface area contributed by atoms with Crippen molar-refractivity contribution >= 4 is 11.8 Å². The molecule has 5 atom stereocenters. The lowest BCUT2D eigenvalue weighted by Gasteiger charge is -2.38. The predicted octanol–water partition coefficient (Wildman–Crippen LogP) is 2.91. The molecule has 4 rings (SSSR count). The first-order valence-electron chi connectivity index (χ1n) is 11.5. The number of nitriles is 1. The van der Waals surface area contributed by atoms with Gasteiger partial charge in [0.15, 0.2) is 0 Å². The van der Waals surface area contributed by atoms with Crippen molar-refractivity contribution < 1.29 is 35.9 Å². The fourth-order valence-corrected chi connectivity index (χ4v) is 5.49. The van der Waals surface area contributed by atoms with Gasteiger partial charge in [0.25, 0.3) is 0 Å². The molecule has 196 valence electrons. The molecule has 0 spiro atoms. The van der Waals surface area contributed by atoms with E-state index in [1.807, 2.05) is 0 Å². The summed E-state index contributed by atoms with van der Waals surface area (Å²) in [6, 6.07) is -0.208. The number of benzene rings is 1. The van der Waals surface area contributed by atoms with E-state index >= 15 is 0 Å². The van der Waals surface area contributed by atoms with Gasteiger partial charge in [-0.3, -0.25) is 14.5 Å². The lowest BCUT2D eigenvalue weighted by atomic mass is 9.98. The highest BCUT2D eigenvalue weighted by atomic mass is 19.4. The van der Waals surface area contributed by atoms with Crippen LogP contribution in [0.1, 0.15) is 48.9 Å². The Morgan fingerprint density at radius 2 is 1.78 bits per heavy atom. The molecule has 3 saturated heterocycles. The molecular formula is C23H25F6N5O2. The Bertz CT molecular complexity index is 1050. The van der Waals surface area contributed by atoms with Gasteiger partial charge in [-0.25, -0.2) is 0 Å². The third kappa shape index (κ3) is 4.76. The third-order valence-electron chi connectivity index (χ3n) is 7.26. The van der Waals surface area contributed by atoms with E-state index in [9.17, 15) is 41.2 Å². The number of hydrogen-bond donors (Lipinski definition) is 1. The van der Waals surface area contributed by atoms with Gasteiger partial charge in [-0.1, -0.05) is 0 Å². The largest absolute Gasteiger partial charge is 0.416 e. The van der Waals surface area contributed by atoms with Crippen LogP contribution in [0, 0.1) is 11.3 Å². The first-order valence-corrected chi connectivity index (χ1v) is 11.5. The fourth-order valence-electron chi connectivity index (χ4n) is 5.49. The van der Waals surface area contributed by atoms with Gasteiger partial charge in [0.05, 0.1) is 35.3 Å². The van der Waals surface area contributed by atoms with Gasteiger partial charge in [-0.15, -0.1) is 0 Å². The predicted molar refractivity (Wildman–Crippen MR) is 114 cm³/mol. The second-order valence-corrected chi connectivity index (χ2v) is 9.55. The molecule has 3 aliphatic rings. The Kier molecular flexibility index (Phi) is 6.72. The third-order valence-corrected chi connectivity index (χ3v) is 7.26. The van der Waals surface area contributed by atoms with Gasteiger partial charge >= 0.3 is 12.4 Å². The summed E-state index contributed by atoms with van der Waals surface area (Å²) in [4.78, 5) is 30.3. The van der Waals surface area contributed by atoms with Crippen molar-refractivity contribution in [3.05, 3.63) is 34.9 Å². The topological polar surface area (TPSA) is 93.7 Å². The molecule has 1 aromatic carbocycles. The van der Waals surface area contributed by atoms with Crippen LogP contribution in [0.4, 0.5) is 26.3 Å². The molecule has 3 heterocycles. The Hall–Kier alpha value is -2.85. The molecule has 4 unspecified atom stereocenters. The van der Waals surface area contributed by atoms with E-state index in [1.54, 1.807) is 4.90 Å². The van der Waals surface area contributed by atoms with E-state index in [1.165, 1.54) is 16.7 Å². The van der Waals surface area contributed by atoms with E-state index in [2.05, 4.69) is 6.07 Å². The van der Waals surface area contributed by atoms with Crippen LogP contribution in [0.15, 0.2) is 18.2 Å². The molecule has 13 heteroatoms. The van der Waals surface area contributed by atoms with Crippen LogP contribution in [0.5, 0.6) is 0 Å². The first-order chi connectivity index (χ1) is 16.7. The maximum Gasteiger partial charge on any atom is 0.416 e. The number of nitrogens with two attached hydrogens (primary N) is 1. The minimum atomic E-state index is -4.98. The molecule has 7 nitrogen and oxygen atoms in total. The Morgan fingerprint density at radius 3 is 2.31 bits per heavy atom. The smallest absolute Gasteiger partial charge is 0.330 e. The number of nitrogens with zero attached hydrogens (tertiary/aromatic N) is 4. The summed E-state index contributed by atoms with van der Waals surface area (Å²) in [5.74, 6) is -0.816. The molecule has 3 fully saturated rings. The first kappa shape index (κ1) is 26.2. The molecule has 2 N–H and O–H groups in total. The van der Waals surface area contributed by atoms with E-state index in [4.69, 9.17) is 5.73 Å². The van der Waals surface area contributed by atoms with Gasteiger partial charge in [0.2, 0.25) is 11.8 Å². The maximum absolute atomic E-state index is 13.3. The zero-order valence-electron chi connectivity index (χ0n) is 19.3. The molecular weight excluding hydrogens is 492 g/mol. The second-order valence-electron chi connectivity index (χ2n) is 9.55. The van der Waals surface area contributed by atoms with Crippen molar-refractivity contribution in [1.82, 2.24) is 14.7 Å². The maximum atomic E-state index is 13.3. The number of carbonyl (C=O) groups excluding carboxylic acids is 2. The van der Waals surface area contributed by atoms with Crippen molar-refractivity contribution in [2.24, 2.45) is 5.73 Å². The number of alkyl halides is 6. The lowest BCUT2D eigenvalue weighted by Crippen LogP contribution is -2.56. The van der Waals surface area contributed by atoms with Crippen LogP contribution in [-0.2, 0) is 21.9 Å². The Balaban J connectivity index is 1.49. The molecule has 0 aliphatic carbocycles. The Labute approximate surface area is 203 Å². The number of halogens is 6. The van der Waals surface area contributed by atoms with E-state index in [-0.39, 0.29) is 30.6 Å². The molecule has 3 aliphatic heterocycles. The summed E-state index contributed by atoms with van der Waals surface area (Å²) >= 11 is 0.